The monoisotopic (exact) mass is 182 g/mol. The minimum atomic E-state index is -2.61. The second-order valence-corrected chi connectivity index (χ2v) is 3.71. The highest BCUT2D eigenvalue weighted by Gasteiger charge is 2.48. The van der Waals surface area contributed by atoms with Crippen LogP contribution < -0.4 is 0 Å². The summed E-state index contributed by atoms with van der Waals surface area (Å²) in [6.45, 7) is 1.74. The van der Waals surface area contributed by atoms with Crippen molar-refractivity contribution in [3.63, 3.8) is 0 Å². The van der Waals surface area contributed by atoms with Gasteiger partial charge in [0.1, 0.15) is 0 Å². The van der Waals surface area contributed by atoms with Crippen molar-refractivity contribution in [2.24, 2.45) is 5.92 Å². The quantitative estimate of drug-likeness (QED) is 0.656. The lowest BCUT2D eigenvalue weighted by Crippen LogP contribution is -2.17. The molecule has 2 rings (SSSR count). The van der Waals surface area contributed by atoms with Crippen molar-refractivity contribution in [1.29, 1.82) is 0 Å². The van der Waals surface area contributed by atoms with E-state index < -0.39 is 11.8 Å². The van der Waals surface area contributed by atoms with E-state index in [0.717, 1.165) is 0 Å². The standard InChI is InChI=1S/C11H12F2/c1-8-4-2-3-5-10(8)11(12,13)9-6-7-9/h2-5,9H,6-7H2,1H3. The van der Waals surface area contributed by atoms with Gasteiger partial charge < -0.3 is 0 Å². The predicted molar refractivity (Wildman–Crippen MR) is 47.8 cm³/mol. The van der Waals surface area contributed by atoms with Crippen molar-refractivity contribution >= 4 is 0 Å². The average Bonchev–Trinajstić information content (AvgIpc) is 2.86. The number of rotatable bonds is 2. The Labute approximate surface area is 76.6 Å². The average molecular weight is 182 g/mol. The Balaban J connectivity index is 2.38. The zero-order valence-corrected chi connectivity index (χ0v) is 7.56. The van der Waals surface area contributed by atoms with Crippen LogP contribution in [0.1, 0.15) is 24.0 Å². The van der Waals surface area contributed by atoms with Crippen LogP contribution >= 0.6 is 0 Å². The van der Waals surface area contributed by atoms with Crippen LogP contribution in [0.15, 0.2) is 24.3 Å². The molecule has 1 saturated carbocycles. The summed E-state index contributed by atoms with van der Waals surface area (Å²) in [6, 6.07) is 6.75. The highest BCUT2D eigenvalue weighted by atomic mass is 19.3. The van der Waals surface area contributed by atoms with Gasteiger partial charge in [-0.3, -0.25) is 0 Å². The molecule has 70 valence electrons. The molecule has 0 aromatic heterocycles. The van der Waals surface area contributed by atoms with Gasteiger partial charge in [0.2, 0.25) is 0 Å². The van der Waals surface area contributed by atoms with Gasteiger partial charge in [-0.25, -0.2) is 8.78 Å². The maximum atomic E-state index is 13.6. The first-order valence-electron chi connectivity index (χ1n) is 4.56. The minimum Gasteiger partial charge on any atom is -0.201 e. The predicted octanol–water partition coefficient (Wildman–Crippen LogP) is 3.50. The summed E-state index contributed by atoms with van der Waals surface area (Å²) >= 11 is 0. The smallest absolute Gasteiger partial charge is 0.201 e. The van der Waals surface area contributed by atoms with Crippen LogP contribution in [0.25, 0.3) is 0 Å². The molecule has 0 radical (unpaired) electrons. The molecular weight excluding hydrogens is 170 g/mol. The van der Waals surface area contributed by atoms with Crippen molar-refractivity contribution < 1.29 is 8.78 Å². The van der Waals surface area contributed by atoms with E-state index in [1.165, 1.54) is 6.07 Å². The molecule has 0 heterocycles. The Hall–Kier alpha value is -0.920. The highest BCUT2D eigenvalue weighted by molar-refractivity contribution is 5.31. The molecule has 13 heavy (non-hydrogen) atoms. The molecule has 0 saturated heterocycles. The van der Waals surface area contributed by atoms with Crippen LogP contribution in [-0.4, -0.2) is 0 Å². The van der Waals surface area contributed by atoms with Crippen LogP contribution in [0.3, 0.4) is 0 Å². The van der Waals surface area contributed by atoms with Gasteiger partial charge in [0, 0.05) is 11.5 Å². The van der Waals surface area contributed by atoms with Gasteiger partial charge in [-0.2, -0.15) is 0 Å². The maximum absolute atomic E-state index is 13.6. The minimum absolute atomic E-state index is 0.206. The summed E-state index contributed by atoms with van der Waals surface area (Å²) < 4.78 is 27.2. The Morgan fingerprint density at radius 2 is 1.85 bits per heavy atom. The van der Waals surface area contributed by atoms with E-state index in [0.29, 0.717) is 18.4 Å². The molecule has 2 heteroatoms. The Morgan fingerprint density at radius 1 is 1.23 bits per heavy atom. The Bertz CT molecular complexity index is 314. The van der Waals surface area contributed by atoms with E-state index >= 15 is 0 Å². The molecule has 1 aromatic carbocycles. The number of halogens is 2. The van der Waals surface area contributed by atoms with E-state index in [2.05, 4.69) is 0 Å². The first kappa shape index (κ1) is 8.67. The lowest BCUT2D eigenvalue weighted by molar-refractivity contribution is -0.0291. The summed E-state index contributed by atoms with van der Waals surface area (Å²) in [4.78, 5) is 0. The van der Waals surface area contributed by atoms with Crippen LogP contribution in [0, 0.1) is 12.8 Å². The molecule has 0 nitrogen and oxygen atoms in total. The first-order chi connectivity index (χ1) is 6.12. The van der Waals surface area contributed by atoms with Gasteiger partial charge in [-0.05, 0) is 25.3 Å². The summed E-state index contributed by atoms with van der Waals surface area (Å²) in [6.07, 6.45) is 1.34. The molecule has 1 aliphatic rings. The van der Waals surface area contributed by atoms with E-state index in [1.54, 1.807) is 25.1 Å². The van der Waals surface area contributed by atoms with E-state index in [9.17, 15) is 8.78 Å². The summed E-state index contributed by atoms with van der Waals surface area (Å²) in [5.74, 6) is -3.01. The third-order valence-corrected chi connectivity index (χ3v) is 2.59. The maximum Gasteiger partial charge on any atom is 0.276 e. The second kappa shape index (κ2) is 2.79. The van der Waals surface area contributed by atoms with Crippen molar-refractivity contribution in [2.45, 2.75) is 25.7 Å². The SMILES string of the molecule is Cc1ccccc1C(F)(F)C1CC1. The molecular formula is C11H12F2. The molecule has 0 spiro atoms. The van der Waals surface area contributed by atoms with Crippen LogP contribution in [-0.2, 0) is 5.92 Å². The fourth-order valence-corrected chi connectivity index (χ4v) is 1.61. The van der Waals surface area contributed by atoms with Crippen LogP contribution in [0.2, 0.25) is 0 Å². The molecule has 1 aliphatic carbocycles. The topological polar surface area (TPSA) is 0 Å². The number of hydrogen-bond acceptors (Lipinski definition) is 0. The zero-order valence-electron chi connectivity index (χ0n) is 7.56. The van der Waals surface area contributed by atoms with Gasteiger partial charge in [0.15, 0.2) is 0 Å². The molecule has 0 atom stereocenters. The Morgan fingerprint density at radius 3 is 2.38 bits per heavy atom. The molecule has 1 aromatic rings. The van der Waals surface area contributed by atoms with Crippen molar-refractivity contribution in [3.8, 4) is 0 Å². The fourth-order valence-electron chi connectivity index (χ4n) is 1.61. The number of hydrogen-bond donors (Lipinski definition) is 0. The summed E-state index contributed by atoms with van der Waals surface area (Å²) in [5, 5.41) is 0. The molecule has 1 fully saturated rings. The molecule has 0 amide bonds. The van der Waals surface area contributed by atoms with E-state index in [-0.39, 0.29) is 5.56 Å². The third kappa shape index (κ3) is 1.45. The number of aryl methyl sites for hydroxylation is 1. The third-order valence-electron chi connectivity index (χ3n) is 2.59. The van der Waals surface area contributed by atoms with E-state index in [4.69, 9.17) is 0 Å². The summed E-state index contributed by atoms with van der Waals surface area (Å²) in [5.41, 5.74) is 0.900. The van der Waals surface area contributed by atoms with Gasteiger partial charge in [-0.15, -0.1) is 0 Å². The summed E-state index contributed by atoms with van der Waals surface area (Å²) in [7, 11) is 0. The first-order valence-corrected chi connectivity index (χ1v) is 4.56. The van der Waals surface area contributed by atoms with Gasteiger partial charge in [0.05, 0.1) is 0 Å². The van der Waals surface area contributed by atoms with E-state index in [1.807, 2.05) is 0 Å². The largest absolute Gasteiger partial charge is 0.276 e. The lowest BCUT2D eigenvalue weighted by Gasteiger charge is -2.17. The molecule has 0 N–H and O–H groups in total. The van der Waals surface area contributed by atoms with Crippen LogP contribution in [0.5, 0.6) is 0 Å². The van der Waals surface area contributed by atoms with Crippen LogP contribution in [0.4, 0.5) is 8.78 Å². The lowest BCUT2D eigenvalue weighted by atomic mass is 9.99. The number of alkyl halides is 2. The Kier molecular flexibility index (Phi) is 1.86. The van der Waals surface area contributed by atoms with Gasteiger partial charge in [-0.1, -0.05) is 24.3 Å². The normalized spacial score (nSPS) is 17.5. The highest BCUT2D eigenvalue weighted by Crippen LogP contribution is 2.50. The van der Waals surface area contributed by atoms with Gasteiger partial charge in [0.25, 0.3) is 5.92 Å². The fraction of sp³-hybridized carbons (Fsp3) is 0.455. The van der Waals surface area contributed by atoms with Gasteiger partial charge >= 0.3 is 0 Å². The van der Waals surface area contributed by atoms with Crippen molar-refractivity contribution in [1.82, 2.24) is 0 Å². The molecule has 0 bridgehead atoms. The second-order valence-electron chi connectivity index (χ2n) is 3.71. The zero-order chi connectivity index (χ0) is 9.47. The van der Waals surface area contributed by atoms with Crippen molar-refractivity contribution in [3.05, 3.63) is 35.4 Å². The molecule has 0 unspecified atom stereocenters. The number of benzene rings is 1. The molecule has 0 aliphatic heterocycles. The van der Waals surface area contributed by atoms with Crippen molar-refractivity contribution in [2.75, 3.05) is 0 Å².